The maximum absolute atomic E-state index is 13.0. The van der Waals surface area contributed by atoms with Gasteiger partial charge in [-0.05, 0) is 129 Å². The summed E-state index contributed by atoms with van der Waals surface area (Å²) in [6.07, 6.45) is 10.9. The topological polar surface area (TPSA) is 127 Å². The van der Waals surface area contributed by atoms with Crippen molar-refractivity contribution >= 4 is 29.6 Å². The molecular formula is C39H43N3O6. The number of nitrogens with two attached hydrogens (primary N) is 1. The van der Waals surface area contributed by atoms with Gasteiger partial charge >= 0.3 is 5.97 Å². The van der Waals surface area contributed by atoms with Gasteiger partial charge in [0.25, 0.3) is 23.6 Å². The fourth-order valence-electron chi connectivity index (χ4n) is 12.6. The van der Waals surface area contributed by atoms with Crippen LogP contribution < -0.4 is 5.73 Å². The number of imide groups is 2. The predicted molar refractivity (Wildman–Crippen MR) is 175 cm³/mol. The summed E-state index contributed by atoms with van der Waals surface area (Å²) in [6, 6.07) is 14.4. The van der Waals surface area contributed by atoms with Crippen LogP contribution in [0.4, 0.5) is 0 Å². The van der Waals surface area contributed by atoms with E-state index in [-0.39, 0.29) is 52.6 Å². The van der Waals surface area contributed by atoms with E-state index >= 15 is 0 Å². The summed E-state index contributed by atoms with van der Waals surface area (Å²) >= 11 is 0. The van der Waals surface area contributed by atoms with Gasteiger partial charge < -0.3 is 10.5 Å². The molecule has 0 saturated heterocycles. The lowest BCUT2D eigenvalue weighted by Crippen LogP contribution is -2.65. The standard InChI is InChI=1S/C21H23NO4.C18H20N2O2/c1-26-17(23)11-21-8-12-6-13(9-21)18(14(7-12)10-21)22-19(24)15-4-2-3-5-16(15)20(22)25;19-18-7-10-5-11(8-18)15(12(6-10)9-18)20-16(21)13-3-1-2-4-14(13)17(20)22/h2-5,12-14,18H,6-11H2,1H3;1-4,10-12,15H,5-9,19H2. The zero-order valence-corrected chi connectivity index (χ0v) is 27.4. The fraction of sp³-hybridized carbons (Fsp3) is 0.564. The van der Waals surface area contributed by atoms with Gasteiger partial charge in [-0.2, -0.15) is 0 Å². The number of ether oxygens (including phenoxy) is 1. The third-order valence-corrected chi connectivity index (χ3v) is 13.6. The van der Waals surface area contributed by atoms with Crippen molar-refractivity contribution in [2.24, 2.45) is 46.7 Å². The van der Waals surface area contributed by atoms with E-state index in [0.29, 0.717) is 64.2 Å². The highest BCUT2D eigenvalue weighted by Crippen LogP contribution is 2.63. The lowest BCUT2D eigenvalue weighted by molar-refractivity contribution is -0.152. The molecule has 9 heteroatoms. The predicted octanol–water partition coefficient (Wildman–Crippen LogP) is 5.23. The summed E-state index contributed by atoms with van der Waals surface area (Å²) in [6.45, 7) is 0. The number of methoxy groups -OCH3 is 1. The Kier molecular flexibility index (Phi) is 6.66. The van der Waals surface area contributed by atoms with Crippen molar-refractivity contribution in [3.8, 4) is 0 Å². The third kappa shape index (κ3) is 4.41. The van der Waals surface area contributed by atoms with Gasteiger partial charge in [0.05, 0.1) is 35.8 Å². The molecule has 9 nitrogen and oxygen atoms in total. The molecule has 4 unspecified atom stereocenters. The molecule has 0 aromatic heterocycles. The van der Waals surface area contributed by atoms with E-state index in [1.54, 1.807) is 34.1 Å². The Balaban J connectivity index is 0.000000132. The van der Waals surface area contributed by atoms with Crippen molar-refractivity contribution in [2.45, 2.75) is 88.3 Å². The molecule has 250 valence electrons. The molecule has 2 aromatic carbocycles. The van der Waals surface area contributed by atoms with E-state index in [9.17, 15) is 24.0 Å². The number of rotatable bonds is 4. The van der Waals surface area contributed by atoms with Crippen LogP contribution in [0.2, 0.25) is 0 Å². The SMILES string of the molecule is COC(=O)CC12CC3CC(C1)C(N1C(=O)c4ccccc4C1=O)C(C3)C2.NC12CC3CC(C1)C(N1C(=O)c4ccccc4C1=O)C(C3)C2. The van der Waals surface area contributed by atoms with E-state index in [1.165, 1.54) is 7.11 Å². The van der Waals surface area contributed by atoms with E-state index in [1.807, 2.05) is 24.3 Å². The second-order valence-corrected chi connectivity index (χ2v) is 16.6. The van der Waals surface area contributed by atoms with Gasteiger partial charge in [0.2, 0.25) is 0 Å². The summed E-state index contributed by atoms with van der Waals surface area (Å²) in [4.78, 5) is 66.6. The van der Waals surface area contributed by atoms with E-state index < -0.39 is 0 Å². The molecule has 8 bridgehead atoms. The highest BCUT2D eigenvalue weighted by atomic mass is 16.5. The number of fused-ring (bicyclic) bond motifs is 2. The Bertz CT molecular complexity index is 1670. The van der Waals surface area contributed by atoms with Crippen molar-refractivity contribution in [3.05, 3.63) is 70.8 Å². The molecule has 0 radical (unpaired) electrons. The van der Waals surface area contributed by atoms with Crippen LogP contribution in [0.5, 0.6) is 0 Å². The lowest BCUT2D eigenvalue weighted by Gasteiger charge is -2.61. The zero-order chi connectivity index (χ0) is 33.1. The first-order chi connectivity index (χ1) is 23.1. The van der Waals surface area contributed by atoms with Crippen LogP contribution in [0.1, 0.15) is 112 Å². The second-order valence-electron chi connectivity index (χ2n) is 16.6. The van der Waals surface area contributed by atoms with E-state index in [0.717, 1.165) is 64.2 Å². The average molecular weight is 650 g/mol. The van der Waals surface area contributed by atoms with Crippen molar-refractivity contribution in [1.29, 1.82) is 0 Å². The summed E-state index contributed by atoms with van der Waals surface area (Å²) in [5, 5.41) is 0. The molecule has 8 saturated carbocycles. The molecule has 10 aliphatic rings. The average Bonchev–Trinajstić information content (AvgIpc) is 3.44. The van der Waals surface area contributed by atoms with Gasteiger partial charge in [-0.1, -0.05) is 24.3 Å². The molecule has 12 rings (SSSR count). The summed E-state index contributed by atoms with van der Waals surface area (Å²) in [5.41, 5.74) is 8.74. The minimum atomic E-state index is -0.135. The first-order valence-corrected chi connectivity index (χ1v) is 17.9. The summed E-state index contributed by atoms with van der Waals surface area (Å²) in [7, 11) is 1.45. The molecule has 2 aromatic rings. The van der Waals surface area contributed by atoms with Gasteiger partial charge in [-0.25, -0.2) is 0 Å². The Hall–Kier alpha value is -3.85. The van der Waals surface area contributed by atoms with Gasteiger partial charge in [0.15, 0.2) is 0 Å². The van der Waals surface area contributed by atoms with Crippen LogP contribution in [-0.2, 0) is 9.53 Å². The number of esters is 1. The highest BCUT2D eigenvalue weighted by molar-refractivity contribution is 6.22. The Morgan fingerprint density at radius 3 is 1.40 bits per heavy atom. The van der Waals surface area contributed by atoms with Crippen LogP contribution >= 0.6 is 0 Å². The molecule has 4 amide bonds. The normalized spacial score (nSPS) is 39.5. The maximum Gasteiger partial charge on any atom is 0.306 e. The molecule has 2 N–H and O–H groups in total. The number of carbonyl (C=O) groups excluding carboxylic acids is 5. The first-order valence-electron chi connectivity index (χ1n) is 17.9. The Morgan fingerprint density at radius 2 is 1.02 bits per heavy atom. The first kappa shape index (κ1) is 30.2. The largest absolute Gasteiger partial charge is 0.469 e. The Morgan fingerprint density at radius 1 is 0.646 bits per heavy atom. The second kappa shape index (κ2) is 10.6. The zero-order valence-electron chi connectivity index (χ0n) is 27.4. The number of amides is 4. The number of carbonyl (C=O) groups is 5. The number of hydrogen-bond acceptors (Lipinski definition) is 7. The summed E-state index contributed by atoms with van der Waals surface area (Å²) in [5.74, 6) is 2.16. The van der Waals surface area contributed by atoms with Gasteiger partial charge in [0.1, 0.15) is 0 Å². The van der Waals surface area contributed by atoms with Crippen molar-refractivity contribution < 1.29 is 28.7 Å². The van der Waals surface area contributed by atoms with E-state index in [2.05, 4.69) is 0 Å². The smallest absolute Gasteiger partial charge is 0.306 e. The third-order valence-electron chi connectivity index (χ3n) is 13.6. The molecule has 0 spiro atoms. The molecule has 48 heavy (non-hydrogen) atoms. The van der Waals surface area contributed by atoms with Gasteiger partial charge in [-0.3, -0.25) is 33.8 Å². The number of nitrogens with zero attached hydrogens (tertiary/aromatic N) is 2. The van der Waals surface area contributed by atoms with Crippen molar-refractivity contribution in [3.63, 3.8) is 0 Å². The quantitative estimate of drug-likeness (QED) is 0.355. The van der Waals surface area contributed by atoms with Crippen LogP contribution in [-0.4, -0.2) is 64.1 Å². The van der Waals surface area contributed by atoms with Crippen LogP contribution in [0.3, 0.4) is 0 Å². The van der Waals surface area contributed by atoms with E-state index in [4.69, 9.17) is 10.5 Å². The monoisotopic (exact) mass is 649 g/mol. The molecular weight excluding hydrogens is 606 g/mol. The van der Waals surface area contributed by atoms with Crippen molar-refractivity contribution in [2.75, 3.05) is 7.11 Å². The molecule has 4 atom stereocenters. The lowest BCUT2D eigenvalue weighted by atomic mass is 9.47. The number of hydrogen-bond donors (Lipinski definition) is 1. The molecule has 2 heterocycles. The summed E-state index contributed by atoms with van der Waals surface area (Å²) < 4.78 is 4.93. The Labute approximate surface area is 280 Å². The molecule has 8 fully saturated rings. The highest BCUT2D eigenvalue weighted by Gasteiger charge is 2.60. The number of benzene rings is 2. The maximum atomic E-state index is 13.0. The minimum absolute atomic E-state index is 0.00952. The van der Waals surface area contributed by atoms with Crippen LogP contribution in [0.15, 0.2) is 48.5 Å². The minimum Gasteiger partial charge on any atom is -0.469 e. The van der Waals surface area contributed by atoms with Crippen molar-refractivity contribution in [1.82, 2.24) is 9.80 Å². The van der Waals surface area contributed by atoms with Gasteiger partial charge in [0, 0.05) is 17.6 Å². The van der Waals surface area contributed by atoms with Crippen LogP contribution in [0.25, 0.3) is 0 Å². The molecule has 8 aliphatic carbocycles. The van der Waals surface area contributed by atoms with Gasteiger partial charge in [-0.15, -0.1) is 0 Å². The van der Waals surface area contributed by atoms with Crippen LogP contribution in [0, 0.1) is 40.9 Å². The fourth-order valence-corrected chi connectivity index (χ4v) is 12.6. The molecule has 2 aliphatic heterocycles.